The number of methoxy groups -OCH3 is 1. The molecule has 3 aliphatic heterocycles. The van der Waals surface area contributed by atoms with E-state index in [9.17, 15) is 24.3 Å². The Labute approximate surface area is 264 Å². The van der Waals surface area contributed by atoms with Crippen LogP contribution in [-0.2, 0) is 65.9 Å². The summed E-state index contributed by atoms with van der Waals surface area (Å²) in [6.07, 6.45) is -12.5. The summed E-state index contributed by atoms with van der Waals surface area (Å²) in [6, 6.07) is 0. The lowest BCUT2D eigenvalue weighted by molar-refractivity contribution is -0.362. The second-order valence-corrected chi connectivity index (χ2v) is 18.2. The molecule has 45 heavy (non-hydrogen) atoms. The summed E-state index contributed by atoms with van der Waals surface area (Å²) in [5.74, 6) is -2.99. The van der Waals surface area contributed by atoms with Gasteiger partial charge in [0, 0.05) is 44.9 Å². The molecule has 3 rings (SSSR count). The SMILES string of the molecule is CO[C@@H]1O[C@@H]2CO[Si](C(C)(C)C)(C(C)(C)C)O[C@@H]2[C@H](O[C@@H]2O[C@H](COC(C)=O)[C@H](OC(C)=O)[C@H](OC(C)=O)[C@H]2OC(C)=O)[C@H]1O. The van der Waals surface area contributed by atoms with Gasteiger partial charge in [-0.1, -0.05) is 41.5 Å². The summed E-state index contributed by atoms with van der Waals surface area (Å²) >= 11 is 0. The van der Waals surface area contributed by atoms with Crippen molar-refractivity contribution in [3.63, 3.8) is 0 Å². The number of fused-ring (bicyclic) bond motifs is 1. The molecule has 0 bridgehead atoms. The van der Waals surface area contributed by atoms with Gasteiger partial charge in [0.25, 0.3) is 0 Å². The van der Waals surface area contributed by atoms with Crippen molar-refractivity contribution in [1.82, 2.24) is 0 Å². The van der Waals surface area contributed by atoms with Crippen molar-refractivity contribution in [2.24, 2.45) is 0 Å². The Kier molecular flexibility index (Phi) is 11.8. The summed E-state index contributed by atoms with van der Waals surface area (Å²) in [4.78, 5) is 48.4. The molecule has 0 amide bonds. The van der Waals surface area contributed by atoms with Gasteiger partial charge in [-0.2, -0.15) is 0 Å². The van der Waals surface area contributed by atoms with Gasteiger partial charge < -0.3 is 51.9 Å². The Hall–Kier alpha value is -2.18. The number of aliphatic hydroxyl groups is 1. The minimum Gasteiger partial charge on any atom is -0.463 e. The van der Waals surface area contributed by atoms with Gasteiger partial charge in [0.05, 0.1) is 6.61 Å². The van der Waals surface area contributed by atoms with Crippen LogP contribution in [0.2, 0.25) is 10.1 Å². The van der Waals surface area contributed by atoms with Gasteiger partial charge in [0.1, 0.15) is 37.1 Å². The molecule has 15 nitrogen and oxygen atoms in total. The maximum absolute atomic E-state index is 12.3. The Morgan fingerprint density at radius 2 is 1.29 bits per heavy atom. The van der Waals surface area contributed by atoms with Gasteiger partial charge in [-0.25, -0.2) is 0 Å². The van der Waals surface area contributed by atoms with Crippen LogP contribution < -0.4 is 0 Å². The van der Waals surface area contributed by atoms with Gasteiger partial charge in [-0.05, 0) is 0 Å². The van der Waals surface area contributed by atoms with Crippen molar-refractivity contribution in [2.45, 2.75) is 141 Å². The van der Waals surface area contributed by atoms with Gasteiger partial charge in [0.15, 0.2) is 30.9 Å². The molecule has 0 radical (unpaired) electrons. The van der Waals surface area contributed by atoms with Crippen LogP contribution in [0, 0.1) is 0 Å². The van der Waals surface area contributed by atoms with Crippen molar-refractivity contribution in [3.05, 3.63) is 0 Å². The minimum absolute atomic E-state index is 0.121. The highest BCUT2D eigenvalue weighted by Gasteiger charge is 2.65. The zero-order valence-electron chi connectivity index (χ0n) is 27.9. The Bertz CT molecular complexity index is 1070. The Morgan fingerprint density at radius 3 is 1.78 bits per heavy atom. The average molecular weight is 665 g/mol. The molecule has 0 aromatic rings. The molecule has 3 saturated heterocycles. The summed E-state index contributed by atoms with van der Waals surface area (Å²) in [7, 11) is -1.78. The molecule has 258 valence electrons. The predicted molar refractivity (Wildman–Crippen MR) is 155 cm³/mol. The second-order valence-electron chi connectivity index (χ2n) is 13.4. The third kappa shape index (κ3) is 8.22. The lowest BCUT2D eigenvalue weighted by atomic mass is 9.96. The molecule has 0 saturated carbocycles. The maximum Gasteiger partial charge on any atom is 0.349 e. The zero-order chi connectivity index (χ0) is 34.1. The van der Waals surface area contributed by atoms with Crippen molar-refractivity contribution >= 4 is 32.4 Å². The summed E-state index contributed by atoms with van der Waals surface area (Å²) in [5, 5.41) is 10.6. The van der Waals surface area contributed by atoms with E-state index in [-0.39, 0.29) is 6.61 Å². The number of carbonyl (C=O) groups excluding carboxylic acids is 4. The molecular weight excluding hydrogens is 616 g/mol. The number of aliphatic hydroxyl groups excluding tert-OH is 1. The molecular formula is C29H48O15Si. The summed E-state index contributed by atoms with van der Waals surface area (Å²) in [5.41, 5.74) is 0. The van der Waals surface area contributed by atoms with Crippen LogP contribution in [0.3, 0.4) is 0 Å². The fourth-order valence-corrected chi connectivity index (χ4v) is 11.3. The van der Waals surface area contributed by atoms with Crippen LogP contribution in [0.4, 0.5) is 0 Å². The standard InChI is InChI=1S/C29H48O15Si/c1-14(30)36-12-18-21(38-15(2)31)24(39-16(3)32)25(40-17(4)33)27(42-18)43-23-20(34)26(35-11)41-19-13-37-45(28(5,6)7,29(8,9)10)44-22(19)23/h18-27,34H,12-13H2,1-11H3/t18-,19-,20-,21+,22+,23-,24+,25-,26-,27+/m1/s1. The largest absolute Gasteiger partial charge is 0.463 e. The van der Waals surface area contributed by atoms with E-state index >= 15 is 0 Å². The molecule has 3 heterocycles. The quantitative estimate of drug-likeness (QED) is 0.225. The molecule has 0 spiro atoms. The molecule has 0 aromatic heterocycles. The molecule has 0 aromatic carbocycles. The van der Waals surface area contributed by atoms with Crippen LogP contribution in [0.15, 0.2) is 0 Å². The Morgan fingerprint density at radius 1 is 0.756 bits per heavy atom. The van der Waals surface area contributed by atoms with Crippen molar-refractivity contribution in [3.8, 4) is 0 Å². The second kappa shape index (κ2) is 14.3. The predicted octanol–water partition coefficient (Wildman–Crippen LogP) is 1.64. The number of carbonyl (C=O) groups is 4. The van der Waals surface area contributed by atoms with Crippen LogP contribution in [-0.4, -0.2) is 119 Å². The van der Waals surface area contributed by atoms with E-state index in [4.69, 9.17) is 46.7 Å². The summed E-state index contributed by atoms with van der Waals surface area (Å²) < 4.78 is 59.1. The molecule has 0 unspecified atom stereocenters. The highest BCUT2D eigenvalue weighted by molar-refractivity contribution is 6.73. The van der Waals surface area contributed by atoms with Crippen molar-refractivity contribution < 1.29 is 71.0 Å². The van der Waals surface area contributed by atoms with E-state index < -0.39 is 111 Å². The maximum atomic E-state index is 12.3. The van der Waals surface area contributed by atoms with Crippen molar-refractivity contribution in [1.29, 1.82) is 0 Å². The molecule has 16 heteroatoms. The van der Waals surface area contributed by atoms with Gasteiger partial charge in [-0.3, -0.25) is 19.2 Å². The molecule has 1 N–H and O–H groups in total. The van der Waals surface area contributed by atoms with Gasteiger partial charge in [-0.15, -0.1) is 0 Å². The lowest BCUT2D eigenvalue weighted by Gasteiger charge is -2.58. The number of esters is 4. The van der Waals surface area contributed by atoms with E-state index in [1.54, 1.807) is 0 Å². The lowest BCUT2D eigenvalue weighted by Crippen LogP contribution is -2.72. The molecule has 10 atom stereocenters. The number of ether oxygens (including phenoxy) is 8. The molecule has 3 aliphatic rings. The smallest absolute Gasteiger partial charge is 0.349 e. The first-order valence-corrected chi connectivity index (χ1v) is 16.7. The Balaban J connectivity index is 2.10. The fourth-order valence-electron chi connectivity index (χ4n) is 6.31. The van der Waals surface area contributed by atoms with Crippen LogP contribution >= 0.6 is 0 Å². The van der Waals surface area contributed by atoms with E-state index in [1.807, 2.05) is 41.5 Å². The monoisotopic (exact) mass is 664 g/mol. The first-order valence-electron chi connectivity index (χ1n) is 14.9. The zero-order valence-corrected chi connectivity index (χ0v) is 28.9. The number of rotatable bonds is 8. The normalized spacial score (nSPS) is 35.0. The number of hydrogen-bond acceptors (Lipinski definition) is 15. The number of hydrogen-bond donors (Lipinski definition) is 1. The van der Waals surface area contributed by atoms with Crippen LogP contribution in [0.25, 0.3) is 0 Å². The van der Waals surface area contributed by atoms with Gasteiger partial charge >= 0.3 is 32.4 Å². The van der Waals surface area contributed by atoms with Crippen molar-refractivity contribution in [2.75, 3.05) is 20.3 Å². The highest BCUT2D eigenvalue weighted by Crippen LogP contribution is 2.55. The average Bonchev–Trinajstić information content (AvgIpc) is 2.89. The van der Waals surface area contributed by atoms with E-state index in [0.29, 0.717) is 0 Å². The first kappa shape index (κ1) is 37.3. The van der Waals surface area contributed by atoms with Crippen LogP contribution in [0.1, 0.15) is 69.2 Å². The minimum atomic E-state index is -3.13. The molecule has 0 aliphatic carbocycles. The van der Waals surface area contributed by atoms with Crippen LogP contribution in [0.5, 0.6) is 0 Å². The van der Waals surface area contributed by atoms with Gasteiger partial charge in [0.2, 0.25) is 0 Å². The third-order valence-electron chi connectivity index (χ3n) is 7.81. The highest BCUT2D eigenvalue weighted by atomic mass is 28.4. The van der Waals surface area contributed by atoms with E-state index in [1.165, 1.54) is 14.0 Å². The van der Waals surface area contributed by atoms with E-state index in [2.05, 4.69) is 0 Å². The molecule has 3 fully saturated rings. The third-order valence-corrected chi connectivity index (χ3v) is 12.9. The summed E-state index contributed by atoms with van der Waals surface area (Å²) in [6.45, 7) is 16.4. The topological polar surface area (TPSA) is 181 Å². The first-order chi connectivity index (χ1) is 20.7. The fraction of sp³-hybridized carbons (Fsp3) is 0.862. The van der Waals surface area contributed by atoms with E-state index in [0.717, 1.165) is 20.8 Å².